The highest BCUT2D eigenvalue weighted by Gasteiger charge is 2.73. The number of rotatable bonds is 22. The molecule has 5 aliphatic carbocycles. The molecule has 13 fully saturated rings. The topological polar surface area (TPSA) is 689 Å². The minimum atomic E-state index is -2.27. The molecule has 14 rings (SSSR count). The predicted octanol–water partition coefficient (Wildman–Crippen LogP) is -9.58. The van der Waals surface area contributed by atoms with Gasteiger partial charge in [0.15, 0.2) is 56.4 Å². The molecule has 726 valence electrons. The minimum Gasteiger partial charge on any atom is -0.432 e. The van der Waals surface area contributed by atoms with Crippen molar-refractivity contribution >= 4 is 5.97 Å². The van der Waals surface area contributed by atoms with Gasteiger partial charge in [-0.15, -0.1) is 0 Å². The summed E-state index contributed by atoms with van der Waals surface area (Å²) < 4.78 is 111. The molecule has 126 heavy (non-hydrogen) atoms. The molecule has 44 heteroatoms. The standard InChI is InChI=1S/C82H134O44/c1-27-41(90)48(97)53(102)69(111-27)122-62-43(92)29(3)113-75(65(62)124-72-58(107)63(121-67-52(101)44(93)34(88)24-109-67)59(30(4)114-72)118-68-56(105)60(35(89)25-110-68)119-74-64(51(100)42(91)28(2)112-74)123-71-55(104)50(99)46(95)37(22-84)116-71)126-76(108)82-17-15-77(5,6)19-32(82)31-11-12-40-78(7)20-33(87)66(79(8,26-86)39(78)13-14-81(40,10)80(31,9)16-18-82)125-73-57(106)61(47(96)38(23-85)117-73)120-70-54(103)49(98)45(94)36(21-83)115-70/h11,27-30,32-75,83-107H,12-26H2,1-10H3/t27-,28-,29+,30-,32-,33-,34+,35+,36+,37+,38+,39+,40+,41-,42-,43+,44-,45+,46-,47+,48+,49-,50-,51+,52+,53+,54+,55+,56+,57+,58+,59-,60-,61-,62-,63-,64+,65+,66-,67-,68-,69-,70-,71-,72-,73-,74-,75-,78-,79-,80+,81+,82-/m0/s1. The molecule has 0 radical (unpaired) electrons. The maximum atomic E-state index is 16.4. The fourth-order valence-electron chi connectivity index (χ4n) is 23.3. The number of hydrogen-bond acceptors (Lipinski definition) is 44. The van der Waals surface area contributed by atoms with Crippen LogP contribution >= 0.6 is 0 Å². The first-order valence-electron chi connectivity index (χ1n) is 43.9. The van der Waals surface area contributed by atoms with E-state index in [-0.39, 0.29) is 25.2 Å². The Balaban J connectivity index is 0.738. The first-order chi connectivity index (χ1) is 59.2. The zero-order valence-corrected chi connectivity index (χ0v) is 71.8. The van der Waals surface area contributed by atoms with E-state index in [9.17, 15) is 128 Å². The summed E-state index contributed by atoms with van der Waals surface area (Å²) in [6, 6.07) is 0. The van der Waals surface area contributed by atoms with Crippen molar-refractivity contribution in [2.75, 3.05) is 39.6 Å². The number of aliphatic hydroxyl groups excluding tert-OH is 25. The number of carbonyl (C=O) groups is 1. The second kappa shape index (κ2) is 38.2. The van der Waals surface area contributed by atoms with Crippen LogP contribution in [-0.2, 0) is 90.1 Å². The maximum Gasteiger partial charge on any atom is 0.315 e. The number of esters is 1. The number of hydrogen-bond donors (Lipinski definition) is 25. The Labute approximate surface area is 726 Å². The number of ether oxygens (including phenoxy) is 18. The first kappa shape index (κ1) is 99.5. The summed E-state index contributed by atoms with van der Waals surface area (Å²) in [6.45, 7) is 13.5. The van der Waals surface area contributed by atoms with Gasteiger partial charge in [-0.25, -0.2) is 0 Å². The predicted molar refractivity (Wildman–Crippen MR) is 411 cm³/mol. The van der Waals surface area contributed by atoms with Crippen LogP contribution in [0.2, 0.25) is 0 Å². The first-order valence-corrected chi connectivity index (χ1v) is 43.9. The molecule has 4 saturated carbocycles. The molecule has 44 nitrogen and oxygen atoms in total. The van der Waals surface area contributed by atoms with Crippen molar-refractivity contribution in [1.29, 1.82) is 0 Å². The summed E-state index contributed by atoms with van der Waals surface area (Å²) >= 11 is 0. The van der Waals surface area contributed by atoms with Crippen LogP contribution < -0.4 is 0 Å². The molecule has 14 aliphatic rings. The molecule has 9 saturated heterocycles. The Morgan fingerprint density at radius 3 is 1.40 bits per heavy atom. The van der Waals surface area contributed by atoms with Gasteiger partial charge in [0.1, 0.15) is 177 Å². The van der Waals surface area contributed by atoms with Crippen molar-refractivity contribution in [1.82, 2.24) is 0 Å². The number of allylic oxidation sites excluding steroid dienone is 2. The maximum absolute atomic E-state index is 16.4. The zero-order valence-electron chi connectivity index (χ0n) is 71.8. The van der Waals surface area contributed by atoms with Crippen molar-refractivity contribution in [2.45, 2.75) is 403 Å². The third kappa shape index (κ3) is 17.6. The van der Waals surface area contributed by atoms with Gasteiger partial charge in [0, 0.05) is 5.41 Å². The molecule has 0 unspecified atom stereocenters. The van der Waals surface area contributed by atoms with Crippen LogP contribution in [0.1, 0.15) is 127 Å². The molecule has 0 aromatic carbocycles. The Kier molecular flexibility index (Phi) is 30.2. The van der Waals surface area contributed by atoms with Crippen molar-refractivity contribution in [3.8, 4) is 0 Å². The summed E-state index contributed by atoms with van der Waals surface area (Å²) in [6.07, 6.45) is -75.6. The molecule has 53 atom stereocenters. The molecule has 0 amide bonds. The lowest BCUT2D eigenvalue weighted by molar-refractivity contribution is -0.405. The van der Waals surface area contributed by atoms with Crippen LogP contribution in [-0.4, -0.2) is 450 Å². The van der Waals surface area contributed by atoms with Gasteiger partial charge in [0.2, 0.25) is 6.29 Å². The lowest BCUT2D eigenvalue weighted by atomic mass is 9.33. The molecule has 0 aromatic heterocycles. The Morgan fingerprint density at radius 2 is 0.802 bits per heavy atom. The third-order valence-electron chi connectivity index (χ3n) is 31.1. The summed E-state index contributed by atoms with van der Waals surface area (Å²) in [4.78, 5) is 16.4. The Hall–Kier alpha value is -2.47. The summed E-state index contributed by atoms with van der Waals surface area (Å²) in [5.74, 6) is -1.95. The molecule has 0 spiro atoms. The van der Waals surface area contributed by atoms with E-state index in [2.05, 4.69) is 40.7 Å². The van der Waals surface area contributed by atoms with Crippen LogP contribution in [0, 0.1) is 50.2 Å². The van der Waals surface area contributed by atoms with Gasteiger partial charge in [0.25, 0.3) is 0 Å². The summed E-state index contributed by atoms with van der Waals surface area (Å²) in [7, 11) is 0. The third-order valence-corrected chi connectivity index (χ3v) is 31.1. The van der Waals surface area contributed by atoms with Crippen LogP contribution in [0.4, 0.5) is 0 Å². The van der Waals surface area contributed by atoms with Crippen molar-refractivity contribution < 1.29 is 218 Å². The number of fused-ring (bicyclic) bond motifs is 7. The van der Waals surface area contributed by atoms with Crippen molar-refractivity contribution in [3.05, 3.63) is 11.6 Å². The van der Waals surface area contributed by atoms with Crippen molar-refractivity contribution in [3.63, 3.8) is 0 Å². The smallest absolute Gasteiger partial charge is 0.315 e. The zero-order chi connectivity index (χ0) is 91.9. The highest BCUT2D eigenvalue weighted by atomic mass is 16.8. The fourth-order valence-corrected chi connectivity index (χ4v) is 23.3. The van der Waals surface area contributed by atoms with Gasteiger partial charge >= 0.3 is 5.97 Å². The van der Waals surface area contributed by atoms with E-state index in [1.165, 1.54) is 27.7 Å². The van der Waals surface area contributed by atoms with E-state index in [0.29, 0.717) is 38.5 Å². The van der Waals surface area contributed by atoms with Crippen LogP contribution in [0.5, 0.6) is 0 Å². The van der Waals surface area contributed by atoms with E-state index in [4.69, 9.17) is 85.3 Å². The summed E-state index contributed by atoms with van der Waals surface area (Å²) in [5.41, 5.74) is -4.10. The van der Waals surface area contributed by atoms with Gasteiger partial charge < -0.3 is 213 Å². The molecule has 9 heterocycles. The average molecular weight is 1820 g/mol. The highest BCUT2D eigenvalue weighted by molar-refractivity contribution is 5.79. The van der Waals surface area contributed by atoms with Crippen LogP contribution in [0.25, 0.3) is 0 Å². The van der Waals surface area contributed by atoms with Gasteiger partial charge in [0.05, 0.1) is 81.7 Å². The van der Waals surface area contributed by atoms with Gasteiger partial charge in [-0.05, 0) is 125 Å². The molecular weight excluding hydrogens is 1690 g/mol. The molecule has 0 aromatic rings. The Bertz CT molecular complexity index is 3650. The van der Waals surface area contributed by atoms with E-state index in [1.807, 2.05) is 0 Å². The SMILES string of the molecule is C[C@@H]1O[C@@H](O[C@H]2[C@H](O)[C@@H](C)O[C@@H](OC(=O)[C@]34CCC(C)(C)C[C@H]3C3=CC[C@@H]5[C@@]6(C)C[C@H](O)[C@H](O[C@@H]7O[C@H](CO)[C@@H](O)[C@H](O[C@@H]8O[C@H](CO)[C@@H](O)[C@H](O)[C@H]8O)[C@H]7O)[C@@](C)(CO)[C@@H]6CC[C@@]5(C)[C@]3(C)CC4)[C@@H]2O[C@@H]2O[C@@H](C)[C@H](O[C@@H]3OC[C@@H](O)[C@H](O[C@@H]4O[C@@H](C)[C@H](O)[C@@H](O)[C@H]4O[C@@H]4O[C@H](CO)[C@H](O)[C@H](O)[C@H]4O)[C@H]3O)[C@@H](O[C@@H]3OC[C@@H](O)[C@H](O)[C@H]3O)[C@H]2O)[C@H](O)[C@H](O)[C@H]1O. The fraction of sp³-hybridized carbons (Fsp3) is 0.963. The van der Waals surface area contributed by atoms with Gasteiger partial charge in [-0.3, -0.25) is 4.79 Å². The van der Waals surface area contributed by atoms with Crippen molar-refractivity contribution in [2.24, 2.45) is 50.2 Å². The second-order valence-electron chi connectivity index (χ2n) is 39.4. The molecule has 9 aliphatic heterocycles. The molecule has 0 bridgehead atoms. The summed E-state index contributed by atoms with van der Waals surface area (Å²) in [5, 5.41) is 280. The highest BCUT2D eigenvalue weighted by Crippen LogP contribution is 2.76. The normalized spacial score (nSPS) is 55.9. The average Bonchev–Trinajstić information content (AvgIpc) is 0.670. The van der Waals surface area contributed by atoms with E-state index in [0.717, 1.165) is 5.57 Å². The lowest BCUT2D eigenvalue weighted by Gasteiger charge is -2.72. The minimum absolute atomic E-state index is 0.0956. The van der Waals surface area contributed by atoms with Crippen LogP contribution in [0.15, 0.2) is 11.6 Å². The van der Waals surface area contributed by atoms with Gasteiger partial charge in [-0.2, -0.15) is 0 Å². The van der Waals surface area contributed by atoms with Gasteiger partial charge in [-0.1, -0.05) is 53.2 Å². The lowest BCUT2D eigenvalue weighted by Crippen LogP contribution is -2.70. The molecule has 25 N–H and O–H groups in total. The monoisotopic (exact) mass is 1820 g/mol. The largest absolute Gasteiger partial charge is 0.432 e. The van der Waals surface area contributed by atoms with E-state index >= 15 is 4.79 Å². The second-order valence-corrected chi connectivity index (χ2v) is 39.4. The van der Waals surface area contributed by atoms with Crippen LogP contribution in [0.3, 0.4) is 0 Å². The molecular formula is C82H134O44. The number of aliphatic hydroxyl groups is 25. The quantitative estimate of drug-likeness (QED) is 0.0272. The number of carbonyl (C=O) groups excluding carboxylic acids is 1. The van der Waals surface area contributed by atoms with E-state index < -0.39 is 366 Å². The van der Waals surface area contributed by atoms with E-state index in [1.54, 1.807) is 6.92 Å². The Morgan fingerprint density at radius 1 is 0.365 bits per heavy atom.